The minimum Gasteiger partial charge on any atom is -0.478 e. The molecule has 0 spiro atoms. The fraction of sp³-hybridized carbons (Fsp3) is 0.321. The molecule has 196 valence electrons. The molecule has 2 aliphatic rings. The zero-order valence-corrected chi connectivity index (χ0v) is 22.7. The summed E-state index contributed by atoms with van der Waals surface area (Å²) < 4.78 is 12.2. The van der Waals surface area contributed by atoms with Crippen molar-refractivity contribution in [1.29, 1.82) is 0 Å². The summed E-state index contributed by atoms with van der Waals surface area (Å²) >= 11 is 14.6. The molecule has 1 N–H and O–H groups in total. The van der Waals surface area contributed by atoms with Gasteiger partial charge in [-0.2, -0.15) is 0 Å². The van der Waals surface area contributed by atoms with Crippen molar-refractivity contribution in [2.45, 2.75) is 44.3 Å². The van der Waals surface area contributed by atoms with Gasteiger partial charge < -0.3 is 19.3 Å². The highest BCUT2D eigenvalue weighted by Gasteiger charge is 2.34. The number of halogens is 2. The maximum absolute atomic E-state index is 11.1. The van der Waals surface area contributed by atoms with E-state index >= 15 is 0 Å². The summed E-state index contributed by atoms with van der Waals surface area (Å²) in [6, 6.07) is 12.3. The molecule has 2 aromatic carbocycles. The molecule has 1 saturated carbocycles. The molecule has 0 radical (unpaired) electrons. The lowest BCUT2D eigenvalue weighted by atomic mass is 10.0. The molecular weight excluding hydrogens is 545 g/mol. The van der Waals surface area contributed by atoms with E-state index in [0.29, 0.717) is 33.8 Å². The summed E-state index contributed by atoms with van der Waals surface area (Å²) in [5, 5.41) is 15.5. The minimum atomic E-state index is -0.927. The lowest BCUT2D eigenvalue weighted by Crippen LogP contribution is -2.36. The lowest BCUT2D eigenvalue weighted by molar-refractivity contribution is 0.0246. The van der Waals surface area contributed by atoms with Crippen LogP contribution in [0.3, 0.4) is 0 Å². The van der Waals surface area contributed by atoms with Gasteiger partial charge in [0.15, 0.2) is 5.13 Å². The molecule has 1 aliphatic heterocycles. The number of thiazole rings is 1. The zero-order chi connectivity index (χ0) is 26.2. The largest absolute Gasteiger partial charge is 0.478 e. The SMILES string of the molecule is O=C(O)c1ccc(-c2cnc(N3CCC(OCc4c(-c5c(Cl)cccc5Cl)noc4C4CC4)CC3)s2)cc1. The quantitative estimate of drug-likeness (QED) is 0.234. The number of carbonyl (C=O) groups is 1. The van der Waals surface area contributed by atoms with E-state index in [9.17, 15) is 4.79 Å². The Morgan fingerprint density at radius 3 is 2.45 bits per heavy atom. The smallest absolute Gasteiger partial charge is 0.335 e. The number of carboxylic acid groups (broad SMARTS) is 1. The Hall–Kier alpha value is -2.91. The number of hydrogen-bond acceptors (Lipinski definition) is 7. The van der Waals surface area contributed by atoms with E-state index in [1.807, 2.05) is 36.5 Å². The fourth-order valence-corrected chi connectivity index (χ4v) is 6.33. The first-order valence-electron chi connectivity index (χ1n) is 12.6. The normalized spacial score (nSPS) is 16.2. The van der Waals surface area contributed by atoms with Gasteiger partial charge in [-0.1, -0.05) is 57.9 Å². The van der Waals surface area contributed by atoms with E-state index in [4.69, 9.17) is 37.6 Å². The average molecular weight is 570 g/mol. The van der Waals surface area contributed by atoms with E-state index in [2.05, 4.69) is 15.0 Å². The van der Waals surface area contributed by atoms with E-state index in [1.54, 1.807) is 23.5 Å². The van der Waals surface area contributed by atoms with Crippen molar-refractivity contribution < 1.29 is 19.2 Å². The van der Waals surface area contributed by atoms with Crippen LogP contribution in [0.25, 0.3) is 21.7 Å². The number of carboxylic acids is 1. The number of nitrogens with zero attached hydrogens (tertiary/aromatic N) is 3. The second-order valence-corrected chi connectivity index (χ2v) is 11.5. The standard InChI is InChI=1S/C28H25Cl2N3O4S/c29-21-2-1-3-22(30)24(21)25-20(26(37-32-25)17-6-7-17)15-36-19-10-12-33(13-11-19)28-31-14-23(38-28)16-4-8-18(9-5-16)27(34)35/h1-5,8-9,14,17,19H,6-7,10-13,15H2,(H,34,35). The summed E-state index contributed by atoms with van der Waals surface area (Å²) in [4.78, 5) is 19.0. The Kier molecular flexibility index (Phi) is 7.14. The fourth-order valence-electron chi connectivity index (χ4n) is 4.78. The van der Waals surface area contributed by atoms with Crippen LogP contribution in [-0.2, 0) is 11.3 Å². The first kappa shape index (κ1) is 25.4. The molecule has 4 aromatic rings. The number of ether oxygens (including phenoxy) is 1. The molecule has 0 atom stereocenters. The molecule has 6 rings (SSSR count). The number of anilines is 1. The van der Waals surface area contributed by atoms with Crippen molar-refractivity contribution >= 4 is 45.6 Å². The molecule has 1 saturated heterocycles. The van der Waals surface area contributed by atoms with E-state index in [0.717, 1.165) is 65.7 Å². The Morgan fingerprint density at radius 1 is 1.08 bits per heavy atom. The van der Waals surface area contributed by atoms with Crippen molar-refractivity contribution in [3.63, 3.8) is 0 Å². The first-order valence-corrected chi connectivity index (χ1v) is 14.1. The highest BCUT2D eigenvalue weighted by Crippen LogP contribution is 2.46. The number of aromatic carboxylic acids is 1. The van der Waals surface area contributed by atoms with Crippen LogP contribution in [0.15, 0.2) is 53.2 Å². The Labute approximate surface area is 234 Å². The summed E-state index contributed by atoms with van der Waals surface area (Å²) in [5.41, 5.74) is 3.55. The average Bonchev–Trinajstić information content (AvgIpc) is 3.49. The summed E-state index contributed by atoms with van der Waals surface area (Å²) in [6.45, 7) is 2.10. The van der Waals surface area contributed by atoms with Gasteiger partial charge in [0.1, 0.15) is 11.5 Å². The first-order chi connectivity index (χ1) is 18.5. The third-order valence-corrected chi connectivity index (χ3v) is 8.79. The van der Waals surface area contributed by atoms with Gasteiger partial charge in [0.05, 0.1) is 33.2 Å². The molecule has 38 heavy (non-hydrogen) atoms. The lowest BCUT2D eigenvalue weighted by Gasteiger charge is -2.31. The van der Waals surface area contributed by atoms with Crippen LogP contribution in [0, 0.1) is 0 Å². The predicted octanol–water partition coefficient (Wildman–Crippen LogP) is 7.53. The van der Waals surface area contributed by atoms with Crippen LogP contribution in [0.4, 0.5) is 5.13 Å². The number of piperidine rings is 1. The van der Waals surface area contributed by atoms with Gasteiger partial charge in [0.2, 0.25) is 0 Å². The van der Waals surface area contributed by atoms with Gasteiger partial charge in [0, 0.05) is 36.3 Å². The van der Waals surface area contributed by atoms with Gasteiger partial charge in [-0.25, -0.2) is 9.78 Å². The van der Waals surface area contributed by atoms with Crippen molar-refractivity contribution in [1.82, 2.24) is 10.1 Å². The molecular formula is C28H25Cl2N3O4S. The molecule has 0 unspecified atom stereocenters. The van der Waals surface area contributed by atoms with Gasteiger partial charge >= 0.3 is 5.97 Å². The van der Waals surface area contributed by atoms with Crippen molar-refractivity contribution in [2.24, 2.45) is 0 Å². The summed E-state index contributed by atoms with van der Waals surface area (Å²) in [6.07, 6.45) is 5.92. The molecule has 2 aromatic heterocycles. The number of hydrogen-bond donors (Lipinski definition) is 1. The maximum Gasteiger partial charge on any atom is 0.335 e. The topological polar surface area (TPSA) is 88.7 Å². The van der Waals surface area contributed by atoms with E-state index in [-0.39, 0.29) is 11.7 Å². The second-order valence-electron chi connectivity index (χ2n) is 9.63. The predicted molar refractivity (Wildman–Crippen MR) is 148 cm³/mol. The second kappa shape index (κ2) is 10.7. The third kappa shape index (κ3) is 5.18. The van der Waals surface area contributed by atoms with Crippen molar-refractivity contribution in [3.8, 4) is 21.7 Å². The van der Waals surface area contributed by atoms with Gasteiger partial charge in [-0.05, 0) is 55.5 Å². The third-order valence-electron chi connectivity index (χ3n) is 7.05. The minimum absolute atomic E-state index is 0.116. The number of benzene rings is 2. The van der Waals surface area contributed by atoms with Crippen LogP contribution in [-0.4, -0.2) is 40.4 Å². The van der Waals surface area contributed by atoms with Crippen LogP contribution < -0.4 is 4.90 Å². The maximum atomic E-state index is 11.1. The van der Waals surface area contributed by atoms with Crippen LogP contribution in [0.2, 0.25) is 10.0 Å². The molecule has 2 fully saturated rings. The Morgan fingerprint density at radius 2 is 1.79 bits per heavy atom. The molecule has 7 nitrogen and oxygen atoms in total. The van der Waals surface area contributed by atoms with Crippen molar-refractivity contribution in [3.05, 3.63) is 75.6 Å². The van der Waals surface area contributed by atoms with Gasteiger partial charge in [0.25, 0.3) is 0 Å². The highest BCUT2D eigenvalue weighted by atomic mass is 35.5. The monoisotopic (exact) mass is 569 g/mol. The molecule has 3 heterocycles. The van der Waals surface area contributed by atoms with Crippen LogP contribution in [0.5, 0.6) is 0 Å². The van der Waals surface area contributed by atoms with Crippen LogP contribution >= 0.6 is 34.5 Å². The Bertz CT molecular complexity index is 1440. The van der Waals surface area contributed by atoms with Gasteiger partial charge in [-0.3, -0.25) is 0 Å². The molecule has 0 bridgehead atoms. The molecule has 0 amide bonds. The number of rotatable bonds is 8. The van der Waals surface area contributed by atoms with E-state index < -0.39 is 5.97 Å². The summed E-state index contributed by atoms with van der Waals surface area (Å²) in [5.74, 6) is 0.348. The van der Waals surface area contributed by atoms with E-state index in [1.165, 1.54) is 0 Å². The zero-order valence-electron chi connectivity index (χ0n) is 20.4. The van der Waals surface area contributed by atoms with Crippen LogP contribution in [0.1, 0.15) is 53.3 Å². The number of aromatic nitrogens is 2. The molecule has 1 aliphatic carbocycles. The highest BCUT2D eigenvalue weighted by molar-refractivity contribution is 7.18. The summed E-state index contributed by atoms with van der Waals surface area (Å²) in [7, 11) is 0. The Balaban J connectivity index is 1.10. The van der Waals surface area contributed by atoms with Gasteiger partial charge in [-0.15, -0.1) is 0 Å². The molecule has 10 heteroatoms. The van der Waals surface area contributed by atoms with Crippen molar-refractivity contribution in [2.75, 3.05) is 18.0 Å².